The van der Waals surface area contributed by atoms with Gasteiger partial charge in [-0.05, 0) is 34.4 Å². The molecule has 0 radical (unpaired) electrons. The van der Waals surface area contributed by atoms with Crippen LogP contribution in [0.2, 0.25) is 0 Å². The molecular formula is C19H15NO2. The first-order valence-corrected chi connectivity index (χ1v) is 6.74. The summed E-state index contributed by atoms with van der Waals surface area (Å²) in [6.45, 7) is 0. The van der Waals surface area contributed by atoms with E-state index in [9.17, 15) is 0 Å². The average molecular weight is 289 g/mol. The van der Waals surface area contributed by atoms with Crippen molar-refractivity contribution in [3.05, 3.63) is 78.9 Å². The first-order chi connectivity index (χ1) is 10.8. The second-order valence-electron chi connectivity index (χ2n) is 4.53. The molecule has 2 N–H and O–H groups in total. The van der Waals surface area contributed by atoms with Crippen LogP contribution in [0, 0.1) is 11.5 Å². The van der Waals surface area contributed by atoms with Crippen molar-refractivity contribution in [3.8, 4) is 34.3 Å². The molecule has 0 atom stereocenters. The Labute approximate surface area is 129 Å². The van der Waals surface area contributed by atoms with Gasteiger partial charge in [-0.1, -0.05) is 66.7 Å². The van der Waals surface area contributed by atoms with Gasteiger partial charge in [-0.25, -0.2) is 0 Å². The summed E-state index contributed by atoms with van der Waals surface area (Å²) < 4.78 is 0. The summed E-state index contributed by atoms with van der Waals surface area (Å²) in [4.78, 5) is 0. The molecule has 3 nitrogen and oxygen atoms in total. The van der Waals surface area contributed by atoms with Gasteiger partial charge in [-0.15, -0.1) is 0 Å². The molecule has 3 heteroatoms. The van der Waals surface area contributed by atoms with Gasteiger partial charge in [0.05, 0.1) is 0 Å². The molecule has 0 fully saturated rings. The van der Waals surface area contributed by atoms with Crippen LogP contribution in [0.5, 0.6) is 5.75 Å². The first kappa shape index (κ1) is 15.1. The molecule has 108 valence electrons. The number of rotatable bonds is 0. The first-order valence-electron chi connectivity index (χ1n) is 6.74. The van der Waals surface area contributed by atoms with Crippen molar-refractivity contribution in [3.63, 3.8) is 0 Å². The summed E-state index contributed by atoms with van der Waals surface area (Å²) in [5, 5.41) is 22.4. The second kappa shape index (κ2) is 7.51. The van der Waals surface area contributed by atoms with Gasteiger partial charge in [0.1, 0.15) is 5.75 Å². The molecule has 0 heterocycles. The Morgan fingerprint density at radius 1 is 0.591 bits per heavy atom. The number of fused-ring (bicyclic) bond motifs is 4. The molecule has 3 aromatic carbocycles. The van der Waals surface area contributed by atoms with E-state index in [0.717, 1.165) is 6.26 Å². The highest BCUT2D eigenvalue weighted by atomic mass is 16.3. The van der Waals surface area contributed by atoms with Crippen molar-refractivity contribution in [2.75, 3.05) is 0 Å². The zero-order valence-corrected chi connectivity index (χ0v) is 11.8. The molecule has 0 amide bonds. The van der Waals surface area contributed by atoms with Crippen LogP contribution in [0.4, 0.5) is 0 Å². The largest absolute Gasteiger partial charge is 0.508 e. The Bertz CT molecular complexity index is 677. The van der Waals surface area contributed by atoms with E-state index in [4.69, 9.17) is 15.5 Å². The number of phenolic OH excluding ortho intramolecular Hbond substituents is 1. The van der Waals surface area contributed by atoms with Gasteiger partial charge in [0.2, 0.25) is 0 Å². The maximum Gasteiger partial charge on any atom is 0.283 e. The van der Waals surface area contributed by atoms with Crippen molar-refractivity contribution >= 4 is 0 Å². The lowest BCUT2D eigenvalue weighted by molar-refractivity contribution is 0.475. The van der Waals surface area contributed by atoms with Crippen LogP contribution in [-0.2, 0) is 0 Å². The minimum absolute atomic E-state index is 0.322. The molecule has 3 aromatic rings. The van der Waals surface area contributed by atoms with Crippen molar-refractivity contribution in [1.29, 1.82) is 5.26 Å². The van der Waals surface area contributed by atoms with Gasteiger partial charge in [-0.3, -0.25) is 0 Å². The smallest absolute Gasteiger partial charge is 0.283 e. The van der Waals surface area contributed by atoms with Crippen LogP contribution in [0.3, 0.4) is 0 Å². The maximum atomic E-state index is 8.63. The monoisotopic (exact) mass is 289 g/mol. The molecule has 22 heavy (non-hydrogen) atoms. The van der Waals surface area contributed by atoms with Crippen LogP contribution in [0.1, 0.15) is 0 Å². The SMILES string of the molecule is N#CO.Oc1ccccc1.c1ccc2c(c1)-c1ccccc1-2. The van der Waals surface area contributed by atoms with E-state index in [1.54, 1.807) is 24.3 Å². The molecule has 0 unspecified atom stereocenters. The van der Waals surface area contributed by atoms with E-state index in [0.29, 0.717) is 5.75 Å². The lowest BCUT2D eigenvalue weighted by Crippen LogP contribution is -1.96. The maximum absolute atomic E-state index is 8.63. The van der Waals surface area contributed by atoms with Crippen LogP contribution >= 0.6 is 0 Å². The van der Waals surface area contributed by atoms with Crippen molar-refractivity contribution in [2.24, 2.45) is 0 Å². The molecule has 1 aliphatic rings. The zero-order chi connectivity index (χ0) is 15.8. The summed E-state index contributed by atoms with van der Waals surface area (Å²) in [7, 11) is 0. The topological polar surface area (TPSA) is 64.2 Å². The predicted octanol–water partition coefficient (Wildman–Crippen LogP) is 4.57. The normalized spacial score (nSPS) is 9.23. The molecule has 4 rings (SSSR count). The van der Waals surface area contributed by atoms with Gasteiger partial charge in [-0.2, -0.15) is 5.26 Å². The molecule has 0 bridgehead atoms. The fourth-order valence-corrected chi connectivity index (χ4v) is 2.27. The quantitative estimate of drug-likeness (QED) is 0.466. The highest BCUT2D eigenvalue weighted by Gasteiger charge is 2.19. The summed E-state index contributed by atoms with van der Waals surface area (Å²) >= 11 is 0. The number of aliphatic hydroxyl groups is 1. The lowest BCUT2D eigenvalue weighted by Gasteiger charge is -2.22. The molecule has 1 aliphatic carbocycles. The van der Waals surface area contributed by atoms with E-state index in [2.05, 4.69) is 48.5 Å². The Morgan fingerprint density at radius 3 is 1.09 bits per heavy atom. The van der Waals surface area contributed by atoms with E-state index in [1.165, 1.54) is 22.3 Å². The molecule has 0 saturated carbocycles. The van der Waals surface area contributed by atoms with Crippen molar-refractivity contribution in [2.45, 2.75) is 0 Å². The Morgan fingerprint density at radius 2 is 0.864 bits per heavy atom. The zero-order valence-electron chi connectivity index (χ0n) is 11.8. The summed E-state index contributed by atoms with van der Waals surface area (Å²) in [6, 6.07) is 25.8. The molecule has 0 saturated heterocycles. The summed E-state index contributed by atoms with van der Waals surface area (Å²) in [5.41, 5.74) is 5.59. The van der Waals surface area contributed by atoms with E-state index in [1.807, 2.05) is 6.07 Å². The number of benzene rings is 3. The third kappa shape index (κ3) is 3.44. The minimum Gasteiger partial charge on any atom is -0.508 e. The number of aliphatic hydroxyl groups excluding tert-OH is 1. The number of para-hydroxylation sites is 1. The number of aromatic hydroxyl groups is 1. The number of nitrogens with zero attached hydrogens (tertiary/aromatic N) is 1. The molecule has 0 spiro atoms. The predicted molar refractivity (Wildman–Crippen MR) is 86.5 cm³/mol. The lowest BCUT2D eigenvalue weighted by atomic mass is 9.81. The van der Waals surface area contributed by atoms with Crippen LogP contribution < -0.4 is 0 Å². The van der Waals surface area contributed by atoms with Gasteiger partial charge >= 0.3 is 0 Å². The number of hydrogen-bond donors (Lipinski definition) is 2. The van der Waals surface area contributed by atoms with Crippen LogP contribution in [0.15, 0.2) is 78.9 Å². The van der Waals surface area contributed by atoms with Gasteiger partial charge < -0.3 is 10.2 Å². The van der Waals surface area contributed by atoms with E-state index < -0.39 is 0 Å². The number of hydrogen-bond acceptors (Lipinski definition) is 3. The fourth-order valence-electron chi connectivity index (χ4n) is 2.27. The summed E-state index contributed by atoms with van der Waals surface area (Å²) in [5.74, 6) is 0.322. The van der Waals surface area contributed by atoms with E-state index >= 15 is 0 Å². The second-order valence-corrected chi connectivity index (χ2v) is 4.53. The highest BCUT2D eigenvalue weighted by Crippen LogP contribution is 2.46. The number of nitriles is 1. The van der Waals surface area contributed by atoms with Crippen molar-refractivity contribution < 1.29 is 10.2 Å². The Balaban J connectivity index is 0.000000151. The Hall–Kier alpha value is -3.25. The third-order valence-electron chi connectivity index (χ3n) is 3.19. The van der Waals surface area contributed by atoms with Crippen molar-refractivity contribution in [1.82, 2.24) is 0 Å². The number of phenols is 1. The Kier molecular flexibility index (Phi) is 5.17. The van der Waals surface area contributed by atoms with Crippen LogP contribution in [0.25, 0.3) is 22.3 Å². The van der Waals surface area contributed by atoms with E-state index in [-0.39, 0.29) is 0 Å². The van der Waals surface area contributed by atoms with Gasteiger partial charge in [0.15, 0.2) is 0 Å². The minimum atomic E-state index is 0.322. The molecular weight excluding hydrogens is 274 g/mol. The van der Waals surface area contributed by atoms with Gasteiger partial charge in [0.25, 0.3) is 6.26 Å². The highest BCUT2D eigenvalue weighted by molar-refractivity contribution is 6.02. The molecule has 0 aliphatic heterocycles. The molecule has 0 aromatic heterocycles. The van der Waals surface area contributed by atoms with Crippen LogP contribution in [-0.4, -0.2) is 10.2 Å². The third-order valence-corrected chi connectivity index (χ3v) is 3.19. The average Bonchev–Trinajstić information content (AvgIpc) is 2.55. The fraction of sp³-hybridized carbons (Fsp3) is 0. The van der Waals surface area contributed by atoms with Gasteiger partial charge in [0, 0.05) is 0 Å². The summed E-state index contributed by atoms with van der Waals surface area (Å²) in [6.07, 6.45) is 0.750. The standard InChI is InChI=1S/C12H8.C6H6O.CHNO/c1-2-6-10-9(5-1)11-7-3-4-8-12(10)11;7-6-4-2-1-3-5-6;2-1-3/h1-8H;1-5,7H;3H.